The van der Waals surface area contributed by atoms with Crippen molar-refractivity contribution < 1.29 is 13.2 Å². The Morgan fingerprint density at radius 3 is 2.61 bits per heavy atom. The summed E-state index contributed by atoms with van der Waals surface area (Å²) >= 11 is 4.52. The maximum absolute atomic E-state index is 12.5. The van der Waals surface area contributed by atoms with Crippen LogP contribution in [-0.2, 0) is 14.8 Å². The van der Waals surface area contributed by atoms with Crippen molar-refractivity contribution in [3.05, 3.63) is 15.9 Å². The minimum Gasteiger partial charge on any atom is -0.383 e. The molecule has 1 heterocycles. The highest BCUT2D eigenvalue weighted by Crippen LogP contribution is 2.29. The highest BCUT2D eigenvalue weighted by Gasteiger charge is 2.29. The predicted octanol–water partition coefficient (Wildman–Crippen LogP) is 2.95. The first-order valence-corrected chi connectivity index (χ1v) is 8.74. The third kappa shape index (κ3) is 3.77. The average Bonchev–Trinajstić information content (AvgIpc) is 2.76. The topological polar surface area (TPSA) is 46.6 Å². The lowest BCUT2D eigenvalue weighted by Gasteiger charge is -2.26. The molecule has 0 N–H and O–H groups in total. The van der Waals surface area contributed by atoms with E-state index >= 15 is 0 Å². The lowest BCUT2D eigenvalue weighted by molar-refractivity contribution is 0.167. The van der Waals surface area contributed by atoms with Crippen LogP contribution in [0, 0.1) is 0 Å². The molecule has 1 atom stereocenters. The van der Waals surface area contributed by atoms with E-state index in [1.807, 2.05) is 13.8 Å². The summed E-state index contributed by atoms with van der Waals surface area (Å²) < 4.78 is 32.7. The van der Waals surface area contributed by atoms with Crippen molar-refractivity contribution in [3.8, 4) is 0 Å². The third-order valence-corrected chi connectivity index (χ3v) is 6.81. The summed E-state index contributed by atoms with van der Waals surface area (Å²) in [6.45, 7) is 4.67. The van der Waals surface area contributed by atoms with Crippen molar-refractivity contribution in [1.82, 2.24) is 4.31 Å². The second-order valence-corrected chi connectivity index (χ2v) is 8.50. The molecule has 0 aromatic carbocycles. The molecular formula is C11H18BrNO3S2. The SMILES string of the molecule is CCC(C)N(CCOC)S(=O)(=O)c1ccc(Br)s1. The van der Waals surface area contributed by atoms with Crippen LogP contribution in [0.1, 0.15) is 20.3 Å². The van der Waals surface area contributed by atoms with Gasteiger partial charge in [0.15, 0.2) is 0 Å². The van der Waals surface area contributed by atoms with E-state index in [0.717, 1.165) is 10.2 Å². The van der Waals surface area contributed by atoms with Gasteiger partial charge < -0.3 is 4.74 Å². The summed E-state index contributed by atoms with van der Waals surface area (Å²) in [5.74, 6) is 0. The zero-order valence-electron chi connectivity index (χ0n) is 10.7. The molecule has 0 spiro atoms. The third-order valence-electron chi connectivity index (χ3n) is 2.71. The normalized spacial score (nSPS) is 14.1. The molecule has 0 amide bonds. The molecule has 0 bridgehead atoms. The van der Waals surface area contributed by atoms with E-state index in [1.54, 1.807) is 19.2 Å². The highest BCUT2D eigenvalue weighted by atomic mass is 79.9. The quantitative estimate of drug-likeness (QED) is 0.755. The molecule has 0 aliphatic rings. The summed E-state index contributed by atoms with van der Waals surface area (Å²) in [4.78, 5) is 0. The molecule has 0 aliphatic carbocycles. The Bertz CT molecular complexity index is 472. The molecule has 7 heteroatoms. The van der Waals surface area contributed by atoms with E-state index < -0.39 is 10.0 Å². The summed E-state index contributed by atoms with van der Waals surface area (Å²) in [7, 11) is -1.85. The van der Waals surface area contributed by atoms with Crippen molar-refractivity contribution in [1.29, 1.82) is 0 Å². The van der Waals surface area contributed by atoms with Crippen molar-refractivity contribution in [2.75, 3.05) is 20.3 Å². The minimum absolute atomic E-state index is 0.0361. The molecule has 1 rings (SSSR count). The van der Waals surface area contributed by atoms with E-state index in [0.29, 0.717) is 17.4 Å². The Balaban J connectivity index is 3.03. The molecule has 4 nitrogen and oxygen atoms in total. The Kier molecular flexibility index (Phi) is 6.26. The van der Waals surface area contributed by atoms with Crippen molar-refractivity contribution in [3.63, 3.8) is 0 Å². The molecule has 0 fully saturated rings. The van der Waals surface area contributed by atoms with Gasteiger partial charge in [-0.3, -0.25) is 0 Å². The average molecular weight is 356 g/mol. The van der Waals surface area contributed by atoms with Crippen LogP contribution in [0.2, 0.25) is 0 Å². The second kappa shape index (κ2) is 7.00. The van der Waals surface area contributed by atoms with Crippen LogP contribution in [0.25, 0.3) is 0 Å². The second-order valence-electron chi connectivity index (χ2n) is 3.92. The van der Waals surface area contributed by atoms with Crippen molar-refractivity contribution >= 4 is 37.3 Å². The summed E-state index contributed by atoms with van der Waals surface area (Å²) in [5, 5.41) is 0. The van der Waals surface area contributed by atoms with E-state index in [-0.39, 0.29) is 6.04 Å². The van der Waals surface area contributed by atoms with Gasteiger partial charge in [0.2, 0.25) is 0 Å². The number of sulfonamides is 1. The standard InChI is InChI=1S/C11H18BrNO3S2/c1-4-9(2)13(7-8-16-3)18(14,15)11-6-5-10(12)17-11/h5-6,9H,4,7-8H2,1-3H3. The lowest BCUT2D eigenvalue weighted by atomic mass is 10.3. The maximum atomic E-state index is 12.5. The van der Waals surface area contributed by atoms with E-state index in [4.69, 9.17) is 4.74 Å². The van der Waals surface area contributed by atoms with Gasteiger partial charge in [-0.1, -0.05) is 6.92 Å². The number of nitrogens with zero attached hydrogens (tertiary/aromatic N) is 1. The number of thiophene rings is 1. The zero-order chi connectivity index (χ0) is 13.8. The first-order chi connectivity index (χ1) is 8.43. The molecule has 0 radical (unpaired) electrons. The Hall–Kier alpha value is 0.0500. The van der Waals surface area contributed by atoms with Crippen LogP contribution in [0.3, 0.4) is 0 Å². The zero-order valence-corrected chi connectivity index (χ0v) is 13.9. The smallest absolute Gasteiger partial charge is 0.252 e. The largest absolute Gasteiger partial charge is 0.383 e. The van der Waals surface area contributed by atoms with Crippen LogP contribution in [-0.4, -0.2) is 39.0 Å². The van der Waals surface area contributed by atoms with Gasteiger partial charge in [0.25, 0.3) is 10.0 Å². The van der Waals surface area contributed by atoms with Crippen molar-refractivity contribution in [2.45, 2.75) is 30.5 Å². The van der Waals surface area contributed by atoms with Crippen LogP contribution in [0.5, 0.6) is 0 Å². The van der Waals surface area contributed by atoms with Gasteiger partial charge in [0, 0.05) is 19.7 Å². The van der Waals surface area contributed by atoms with Crippen LogP contribution in [0.15, 0.2) is 20.1 Å². The van der Waals surface area contributed by atoms with Crippen LogP contribution in [0.4, 0.5) is 0 Å². The Labute approximate surface area is 121 Å². The fourth-order valence-corrected chi connectivity index (χ4v) is 5.34. The maximum Gasteiger partial charge on any atom is 0.252 e. The van der Waals surface area contributed by atoms with E-state index in [2.05, 4.69) is 15.9 Å². The number of hydrogen-bond acceptors (Lipinski definition) is 4. The Morgan fingerprint density at radius 1 is 1.50 bits per heavy atom. The van der Waals surface area contributed by atoms with Gasteiger partial charge in [0.05, 0.1) is 10.4 Å². The molecule has 1 unspecified atom stereocenters. The molecule has 0 aliphatic heterocycles. The van der Waals surface area contributed by atoms with Gasteiger partial charge in [0.1, 0.15) is 4.21 Å². The Morgan fingerprint density at radius 2 is 2.17 bits per heavy atom. The summed E-state index contributed by atoms with van der Waals surface area (Å²) in [6.07, 6.45) is 0.773. The lowest BCUT2D eigenvalue weighted by Crippen LogP contribution is -2.40. The monoisotopic (exact) mass is 355 g/mol. The highest BCUT2D eigenvalue weighted by molar-refractivity contribution is 9.11. The molecular weight excluding hydrogens is 338 g/mol. The van der Waals surface area contributed by atoms with Gasteiger partial charge in [-0.15, -0.1) is 11.3 Å². The molecule has 18 heavy (non-hydrogen) atoms. The fourth-order valence-electron chi connectivity index (χ4n) is 1.51. The molecule has 1 aromatic heterocycles. The van der Waals surface area contributed by atoms with Crippen LogP contribution < -0.4 is 0 Å². The van der Waals surface area contributed by atoms with Crippen molar-refractivity contribution in [2.24, 2.45) is 0 Å². The predicted molar refractivity (Wildman–Crippen MR) is 77.5 cm³/mol. The minimum atomic E-state index is -3.42. The molecule has 104 valence electrons. The number of rotatable bonds is 7. The van der Waals surface area contributed by atoms with Gasteiger partial charge in [-0.25, -0.2) is 8.42 Å². The van der Waals surface area contributed by atoms with Crippen LogP contribution >= 0.6 is 27.3 Å². The number of hydrogen-bond donors (Lipinski definition) is 0. The number of methoxy groups -OCH3 is 1. The fraction of sp³-hybridized carbons (Fsp3) is 0.636. The number of halogens is 1. The first-order valence-electron chi connectivity index (χ1n) is 5.69. The summed E-state index contributed by atoms with van der Waals surface area (Å²) in [6, 6.07) is 3.35. The first kappa shape index (κ1) is 16.1. The van der Waals surface area contributed by atoms with Gasteiger partial charge in [-0.05, 0) is 41.4 Å². The molecule has 0 saturated heterocycles. The molecule has 0 saturated carbocycles. The summed E-state index contributed by atoms with van der Waals surface area (Å²) in [5.41, 5.74) is 0. The van der Waals surface area contributed by atoms with E-state index in [1.165, 1.54) is 15.6 Å². The van der Waals surface area contributed by atoms with Gasteiger partial charge in [-0.2, -0.15) is 4.31 Å². The van der Waals surface area contributed by atoms with E-state index in [9.17, 15) is 8.42 Å². The number of ether oxygens (including phenoxy) is 1. The molecule has 1 aromatic rings. The van der Waals surface area contributed by atoms with Gasteiger partial charge >= 0.3 is 0 Å².